The van der Waals surface area contributed by atoms with E-state index < -0.39 is 11.0 Å². The second-order valence-electron chi connectivity index (χ2n) is 7.73. The highest BCUT2D eigenvalue weighted by Crippen LogP contribution is 2.51. The highest BCUT2D eigenvalue weighted by molar-refractivity contribution is 5.78. The van der Waals surface area contributed by atoms with Crippen LogP contribution in [-0.4, -0.2) is 71.7 Å². The number of likely N-dealkylation sites (N-methyl/N-ethyl adjacent to an activating group) is 1. The minimum absolute atomic E-state index is 0.0576. The number of hydrogen-bond donors (Lipinski definition) is 1. The molecule has 0 saturated carbocycles. The van der Waals surface area contributed by atoms with Crippen LogP contribution in [0, 0.1) is 15.3 Å². The Labute approximate surface area is 156 Å². The summed E-state index contributed by atoms with van der Waals surface area (Å²) in [6, 6.07) is 10.2. The molecule has 4 rings (SSSR count). The molecule has 6 atom stereocenters. The molecule has 3 aliphatic heterocycles. The van der Waals surface area contributed by atoms with Crippen molar-refractivity contribution in [2.75, 3.05) is 20.7 Å². The van der Waals surface area contributed by atoms with Crippen molar-refractivity contribution in [1.29, 1.82) is 0 Å². The van der Waals surface area contributed by atoms with Gasteiger partial charge in [0.2, 0.25) is 0 Å². The molecule has 0 aliphatic carbocycles. The molecular formula is C18H24N2O7. The van der Waals surface area contributed by atoms with Gasteiger partial charge in [0.1, 0.15) is 36.3 Å². The van der Waals surface area contributed by atoms with Gasteiger partial charge in [-0.1, -0.05) is 30.3 Å². The van der Waals surface area contributed by atoms with Crippen LogP contribution in [0.25, 0.3) is 0 Å². The quantitative estimate of drug-likeness (QED) is 0.269. The van der Waals surface area contributed by atoms with E-state index in [1.165, 1.54) is 0 Å². The number of carbonyl (C=O) groups excluding carboxylic acids is 1. The number of carbonyl (C=O) groups is 1. The molecule has 27 heavy (non-hydrogen) atoms. The van der Waals surface area contributed by atoms with Crippen molar-refractivity contribution in [1.82, 2.24) is 0 Å². The van der Waals surface area contributed by atoms with Crippen molar-refractivity contribution >= 4 is 5.97 Å². The molecule has 0 aromatic heterocycles. The van der Waals surface area contributed by atoms with Gasteiger partial charge in [-0.05, 0) is 5.56 Å². The van der Waals surface area contributed by atoms with Crippen LogP contribution in [-0.2, 0) is 14.3 Å². The van der Waals surface area contributed by atoms with Gasteiger partial charge in [0.25, 0.3) is 0 Å². The molecule has 3 unspecified atom stereocenters. The van der Waals surface area contributed by atoms with Gasteiger partial charge in [0, 0.05) is 12.8 Å². The number of quaternary nitrogens is 1. The third-order valence-electron chi connectivity index (χ3n) is 5.99. The van der Waals surface area contributed by atoms with Crippen molar-refractivity contribution in [3.8, 4) is 0 Å². The number of hydrogen-bond acceptors (Lipinski definition) is 7. The fourth-order valence-corrected chi connectivity index (χ4v) is 4.55. The van der Waals surface area contributed by atoms with Crippen molar-refractivity contribution in [3.63, 3.8) is 0 Å². The Balaban J connectivity index is 0.000000481. The minimum atomic E-state index is -1.75. The molecule has 9 heteroatoms. The second kappa shape index (κ2) is 7.41. The third kappa shape index (κ3) is 3.90. The van der Waals surface area contributed by atoms with Gasteiger partial charge in [0.15, 0.2) is 0 Å². The molecule has 0 amide bonds. The zero-order valence-corrected chi connectivity index (χ0v) is 15.3. The number of esters is 1. The molecule has 1 aromatic carbocycles. The number of rotatable bonds is 4. The monoisotopic (exact) mass is 380 g/mol. The molecule has 0 spiro atoms. The van der Waals surface area contributed by atoms with Gasteiger partial charge in [-0.2, -0.15) is 0 Å². The normalized spacial score (nSPS) is 33.1. The molecule has 1 aromatic rings. The van der Waals surface area contributed by atoms with E-state index in [1.54, 1.807) is 0 Å². The summed E-state index contributed by atoms with van der Waals surface area (Å²) >= 11 is 0. The lowest BCUT2D eigenvalue weighted by Gasteiger charge is -2.45. The van der Waals surface area contributed by atoms with Gasteiger partial charge in [-0.25, -0.2) is 0 Å². The van der Waals surface area contributed by atoms with Crippen LogP contribution in [0.1, 0.15) is 24.3 Å². The summed E-state index contributed by atoms with van der Waals surface area (Å²) in [5, 5.41) is 24.4. The zero-order chi connectivity index (χ0) is 19.8. The van der Waals surface area contributed by atoms with Crippen LogP contribution < -0.4 is 0 Å². The first-order valence-electron chi connectivity index (χ1n) is 8.92. The number of benzene rings is 1. The maximum Gasteiger partial charge on any atom is 0.316 e. The maximum absolute atomic E-state index is 12.5. The minimum Gasteiger partial charge on any atom is -0.461 e. The molecule has 2 bridgehead atoms. The number of morpholine rings is 1. The first kappa shape index (κ1) is 19.5. The van der Waals surface area contributed by atoms with E-state index in [9.17, 15) is 9.90 Å². The summed E-state index contributed by atoms with van der Waals surface area (Å²) in [6.45, 7) is -0.224. The Hall–Kier alpha value is -2.23. The van der Waals surface area contributed by atoms with Crippen molar-refractivity contribution < 1.29 is 28.9 Å². The highest BCUT2D eigenvalue weighted by atomic mass is 16.9. The Kier molecular flexibility index (Phi) is 5.36. The predicted molar refractivity (Wildman–Crippen MR) is 94.1 cm³/mol. The number of epoxide rings is 1. The van der Waals surface area contributed by atoms with Crippen LogP contribution in [0.4, 0.5) is 0 Å². The summed E-state index contributed by atoms with van der Waals surface area (Å²) in [5.74, 6) is -0.908. The molecule has 148 valence electrons. The number of aliphatic hydroxyl groups is 1. The van der Waals surface area contributed by atoms with Crippen molar-refractivity contribution in [2.45, 2.75) is 49.2 Å². The Morgan fingerprint density at radius 1 is 1.26 bits per heavy atom. The lowest BCUT2D eigenvalue weighted by molar-refractivity contribution is -0.938. The number of aliphatic hydroxyl groups excluding tert-OH is 1. The molecule has 1 N–H and O–H groups in total. The van der Waals surface area contributed by atoms with Crippen LogP contribution in [0.3, 0.4) is 0 Å². The standard InChI is InChI=1S/C18H24NO4.NO3/c1-19(2)14-8-12(9-15(19)17-16(14)23-17)22-18(21)13(10-20)11-6-4-3-5-7-11;2-1(3)4/h3-7,12-17,20H,8-10H2,1-2H3;/q+1;-1/t12?,13-,14-,15+,16?,17?;/m1./s1. The number of piperidine rings is 1. The first-order valence-corrected chi connectivity index (χ1v) is 8.92. The van der Waals surface area contributed by atoms with Crippen LogP contribution in [0.15, 0.2) is 30.3 Å². The fraction of sp³-hybridized carbons (Fsp3) is 0.611. The van der Waals surface area contributed by atoms with Gasteiger partial charge in [-0.3, -0.25) is 4.79 Å². The van der Waals surface area contributed by atoms with E-state index in [1.807, 2.05) is 30.3 Å². The van der Waals surface area contributed by atoms with Crippen molar-refractivity contribution in [3.05, 3.63) is 51.2 Å². The highest BCUT2D eigenvalue weighted by Gasteiger charge is 2.70. The number of fused-ring (bicyclic) bond motifs is 5. The summed E-state index contributed by atoms with van der Waals surface area (Å²) in [5.41, 5.74) is 0.807. The predicted octanol–water partition coefficient (Wildman–Crippen LogP) is 0.824. The number of nitrogens with zero attached hydrogens (tertiary/aromatic N) is 2. The average Bonchev–Trinajstić information content (AvgIpc) is 3.34. The van der Waals surface area contributed by atoms with Gasteiger partial charge in [-0.15, -0.1) is 0 Å². The van der Waals surface area contributed by atoms with E-state index in [4.69, 9.17) is 24.8 Å². The largest absolute Gasteiger partial charge is 0.461 e. The Morgan fingerprint density at radius 2 is 1.78 bits per heavy atom. The van der Waals surface area contributed by atoms with E-state index in [0.717, 1.165) is 22.9 Å². The van der Waals surface area contributed by atoms with Crippen molar-refractivity contribution in [2.24, 2.45) is 0 Å². The first-order chi connectivity index (χ1) is 12.8. The van der Waals surface area contributed by atoms with Gasteiger partial charge >= 0.3 is 5.97 Å². The maximum atomic E-state index is 12.5. The molecule has 3 fully saturated rings. The smallest absolute Gasteiger partial charge is 0.316 e. The second-order valence-corrected chi connectivity index (χ2v) is 7.73. The van der Waals surface area contributed by atoms with E-state index in [-0.39, 0.29) is 18.7 Å². The zero-order valence-electron chi connectivity index (χ0n) is 15.3. The topological polar surface area (TPSA) is 125 Å². The number of ether oxygens (including phenoxy) is 2. The molecular weight excluding hydrogens is 356 g/mol. The van der Waals surface area contributed by atoms with Gasteiger partial charge in [0.05, 0.1) is 25.8 Å². The average molecular weight is 380 g/mol. The van der Waals surface area contributed by atoms with E-state index in [0.29, 0.717) is 24.3 Å². The molecule has 3 aliphatic rings. The Bertz CT molecular complexity index is 672. The fourth-order valence-electron chi connectivity index (χ4n) is 4.55. The van der Waals surface area contributed by atoms with E-state index in [2.05, 4.69) is 14.1 Å². The molecule has 3 saturated heterocycles. The van der Waals surface area contributed by atoms with E-state index >= 15 is 0 Å². The van der Waals surface area contributed by atoms with Crippen LogP contribution >= 0.6 is 0 Å². The molecule has 0 radical (unpaired) electrons. The third-order valence-corrected chi connectivity index (χ3v) is 5.99. The Morgan fingerprint density at radius 3 is 2.26 bits per heavy atom. The summed E-state index contributed by atoms with van der Waals surface area (Å²) in [4.78, 5) is 20.8. The summed E-state index contributed by atoms with van der Waals surface area (Å²) in [6.07, 6.45) is 2.34. The molecule has 3 heterocycles. The summed E-state index contributed by atoms with van der Waals surface area (Å²) < 4.78 is 12.5. The van der Waals surface area contributed by atoms with Crippen LogP contribution in [0.2, 0.25) is 0 Å². The molecule has 9 nitrogen and oxygen atoms in total. The van der Waals surface area contributed by atoms with Gasteiger partial charge < -0.3 is 34.4 Å². The lowest BCUT2D eigenvalue weighted by Crippen LogP contribution is -2.60. The van der Waals surface area contributed by atoms with Crippen LogP contribution in [0.5, 0.6) is 0 Å². The lowest BCUT2D eigenvalue weighted by atomic mass is 9.95. The summed E-state index contributed by atoms with van der Waals surface area (Å²) in [7, 11) is 4.51. The SMILES string of the molecule is C[N+]1(C)[C@@H]2CC(OC(=O)[C@H](CO)c3ccccc3)C[C@H]1C1OC12.O=[N+]([O-])[O-].